The molecule has 3 N–H and O–H groups in total. The van der Waals surface area contributed by atoms with Crippen LogP contribution in [0.25, 0.3) is 0 Å². The molecule has 0 aliphatic rings. The molecule has 2 amide bonds. The number of halogens is 1. The van der Waals surface area contributed by atoms with Gasteiger partial charge in [-0.25, -0.2) is 9.18 Å². The highest BCUT2D eigenvalue weighted by molar-refractivity contribution is 6.02. The Hall–Kier alpha value is -2.97. The quantitative estimate of drug-likeness (QED) is 0.685. The second-order valence-electron chi connectivity index (χ2n) is 5.64. The number of hydrogen-bond donors (Lipinski definition) is 3. The number of hydrogen-bond acceptors (Lipinski definition) is 6. The Morgan fingerprint density at radius 2 is 1.89 bits per heavy atom. The summed E-state index contributed by atoms with van der Waals surface area (Å²) in [6.07, 6.45) is -2.86. The smallest absolute Gasteiger partial charge is 0.414 e. The number of nitrogens with one attached hydrogen (secondary N) is 1. The van der Waals surface area contributed by atoms with Crippen LogP contribution in [0.2, 0.25) is 0 Å². The predicted molar refractivity (Wildman–Crippen MR) is 93.7 cm³/mol. The summed E-state index contributed by atoms with van der Waals surface area (Å²) in [5.41, 5.74) is 0.466. The van der Waals surface area contributed by atoms with Gasteiger partial charge in [0.2, 0.25) is 0 Å². The summed E-state index contributed by atoms with van der Waals surface area (Å²) in [4.78, 5) is 24.2. The molecule has 0 fully saturated rings. The number of alkyl carbamates (subject to hydrolysis) is 1. The molecule has 0 heterocycles. The van der Waals surface area contributed by atoms with E-state index in [0.29, 0.717) is 0 Å². The van der Waals surface area contributed by atoms with Gasteiger partial charge in [-0.3, -0.25) is 10.1 Å². The first kappa shape index (κ1) is 20.3. The number of carbonyl (C=O) groups is 2. The molecule has 144 valence electrons. The summed E-state index contributed by atoms with van der Waals surface area (Å²) in [6.45, 7) is -0.260. The van der Waals surface area contributed by atoms with Crippen LogP contribution in [-0.4, -0.2) is 42.0 Å². The van der Waals surface area contributed by atoms with E-state index < -0.39 is 35.8 Å². The second-order valence-corrected chi connectivity index (χ2v) is 5.64. The highest BCUT2D eigenvalue weighted by Gasteiger charge is 2.28. The van der Waals surface area contributed by atoms with Gasteiger partial charge in [0.1, 0.15) is 6.10 Å². The Morgan fingerprint density at radius 3 is 2.48 bits per heavy atom. The van der Waals surface area contributed by atoms with E-state index in [1.807, 2.05) is 0 Å². The molecule has 2 rings (SSSR count). The van der Waals surface area contributed by atoms with Gasteiger partial charge in [-0.2, -0.15) is 0 Å². The molecule has 2 atom stereocenters. The monoisotopic (exact) mass is 377 g/mol. The maximum absolute atomic E-state index is 13.7. The van der Waals surface area contributed by atoms with Crippen LogP contribution < -0.4 is 5.32 Å². The molecule has 0 saturated heterocycles. The van der Waals surface area contributed by atoms with Gasteiger partial charge in [0.05, 0.1) is 0 Å². The second kappa shape index (κ2) is 9.65. The van der Waals surface area contributed by atoms with Crippen molar-refractivity contribution in [3.8, 4) is 5.75 Å². The SMILES string of the molecule is CO[C@@H](CCO)[C@@H](OC(=O)NC(=O)c1ccccc1)c1ccc(O)c(F)c1. The number of rotatable bonds is 7. The largest absolute Gasteiger partial charge is 0.505 e. The normalized spacial score (nSPS) is 12.9. The Balaban J connectivity index is 2.18. The number of ether oxygens (including phenoxy) is 2. The highest BCUT2D eigenvalue weighted by Crippen LogP contribution is 2.28. The van der Waals surface area contributed by atoms with Crippen molar-refractivity contribution in [2.24, 2.45) is 0 Å². The van der Waals surface area contributed by atoms with Gasteiger partial charge < -0.3 is 19.7 Å². The van der Waals surface area contributed by atoms with Crippen LogP contribution in [0.15, 0.2) is 48.5 Å². The third-order valence-corrected chi connectivity index (χ3v) is 3.84. The van der Waals surface area contributed by atoms with E-state index in [-0.39, 0.29) is 24.2 Å². The number of aliphatic hydroxyl groups excluding tert-OH is 1. The van der Waals surface area contributed by atoms with E-state index in [0.717, 1.165) is 12.1 Å². The number of amides is 2. The van der Waals surface area contributed by atoms with Crippen LogP contribution in [0, 0.1) is 5.82 Å². The molecule has 2 aromatic carbocycles. The lowest BCUT2D eigenvalue weighted by Crippen LogP contribution is -2.35. The lowest BCUT2D eigenvalue weighted by Gasteiger charge is -2.26. The average molecular weight is 377 g/mol. The van der Waals surface area contributed by atoms with Crippen molar-refractivity contribution in [3.05, 3.63) is 65.5 Å². The van der Waals surface area contributed by atoms with Crippen LogP contribution in [-0.2, 0) is 9.47 Å². The van der Waals surface area contributed by atoms with Crippen molar-refractivity contribution >= 4 is 12.0 Å². The summed E-state index contributed by atoms with van der Waals surface area (Å²) >= 11 is 0. The Bertz CT molecular complexity index is 783. The summed E-state index contributed by atoms with van der Waals surface area (Å²) in [6, 6.07) is 11.5. The van der Waals surface area contributed by atoms with Crippen molar-refractivity contribution in [2.45, 2.75) is 18.6 Å². The number of aliphatic hydroxyl groups is 1. The molecular weight excluding hydrogens is 357 g/mol. The first-order chi connectivity index (χ1) is 13.0. The van der Waals surface area contributed by atoms with Gasteiger partial charge in [0.15, 0.2) is 17.7 Å². The van der Waals surface area contributed by atoms with E-state index in [9.17, 15) is 24.2 Å². The molecule has 0 saturated carbocycles. The number of imide groups is 1. The summed E-state index contributed by atoms with van der Waals surface area (Å²) in [5, 5.41) is 20.6. The van der Waals surface area contributed by atoms with Crippen molar-refractivity contribution in [1.29, 1.82) is 0 Å². The lowest BCUT2D eigenvalue weighted by atomic mass is 10.0. The van der Waals surface area contributed by atoms with Crippen molar-refractivity contribution in [3.63, 3.8) is 0 Å². The fourth-order valence-corrected chi connectivity index (χ4v) is 2.48. The zero-order chi connectivity index (χ0) is 19.8. The molecular formula is C19H20FNO6. The number of carbonyl (C=O) groups excluding carboxylic acids is 2. The summed E-state index contributed by atoms with van der Waals surface area (Å²) < 4.78 is 24.2. The van der Waals surface area contributed by atoms with Gasteiger partial charge in [0, 0.05) is 25.7 Å². The van der Waals surface area contributed by atoms with E-state index in [2.05, 4.69) is 5.32 Å². The molecule has 7 nitrogen and oxygen atoms in total. The topological polar surface area (TPSA) is 105 Å². The Morgan fingerprint density at radius 1 is 1.19 bits per heavy atom. The fraction of sp³-hybridized carbons (Fsp3) is 0.263. The number of phenolic OH excluding ortho intramolecular Hbond substituents is 1. The highest BCUT2D eigenvalue weighted by atomic mass is 19.1. The number of methoxy groups -OCH3 is 1. The molecule has 27 heavy (non-hydrogen) atoms. The van der Waals surface area contributed by atoms with Gasteiger partial charge >= 0.3 is 6.09 Å². The number of aromatic hydroxyl groups is 1. The summed E-state index contributed by atoms with van der Waals surface area (Å²) in [5.74, 6) is -2.12. The standard InChI is InChI=1S/C19H20FNO6/c1-26-16(9-10-22)17(13-7-8-15(23)14(20)11-13)27-19(25)21-18(24)12-5-3-2-4-6-12/h2-8,11,16-17,22-23H,9-10H2,1H3,(H,21,24,25)/t16-,17-/m0/s1. The van der Waals surface area contributed by atoms with E-state index >= 15 is 0 Å². The van der Waals surface area contributed by atoms with Crippen LogP contribution in [0.4, 0.5) is 9.18 Å². The maximum atomic E-state index is 13.7. The molecule has 2 aromatic rings. The average Bonchev–Trinajstić information content (AvgIpc) is 2.67. The van der Waals surface area contributed by atoms with Crippen molar-refractivity contribution < 1.29 is 33.7 Å². The van der Waals surface area contributed by atoms with Crippen molar-refractivity contribution in [1.82, 2.24) is 5.32 Å². The predicted octanol–water partition coefficient (Wildman–Crippen LogP) is 2.54. The first-order valence-electron chi connectivity index (χ1n) is 8.15. The van der Waals surface area contributed by atoms with Gasteiger partial charge in [0.25, 0.3) is 5.91 Å². The molecule has 0 radical (unpaired) electrons. The van der Waals surface area contributed by atoms with Crippen LogP contribution in [0.1, 0.15) is 28.4 Å². The van der Waals surface area contributed by atoms with E-state index in [1.165, 1.54) is 25.3 Å². The minimum Gasteiger partial charge on any atom is -0.505 e. The maximum Gasteiger partial charge on any atom is 0.414 e. The minimum atomic E-state index is -1.11. The van der Waals surface area contributed by atoms with E-state index in [4.69, 9.17) is 9.47 Å². The van der Waals surface area contributed by atoms with Crippen LogP contribution >= 0.6 is 0 Å². The van der Waals surface area contributed by atoms with E-state index in [1.54, 1.807) is 18.2 Å². The molecule has 0 aliphatic carbocycles. The zero-order valence-electron chi connectivity index (χ0n) is 14.6. The van der Waals surface area contributed by atoms with Gasteiger partial charge in [-0.1, -0.05) is 24.3 Å². The molecule has 0 aromatic heterocycles. The lowest BCUT2D eigenvalue weighted by molar-refractivity contribution is -0.0338. The third-order valence-electron chi connectivity index (χ3n) is 3.84. The molecule has 0 bridgehead atoms. The zero-order valence-corrected chi connectivity index (χ0v) is 14.6. The van der Waals surface area contributed by atoms with Crippen LogP contribution in [0.5, 0.6) is 5.75 Å². The first-order valence-corrected chi connectivity index (χ1v) is 8.15. The molecule has 8 heteroatoms. The van der Waals surface area contributed by atoms with Crippen LogP contribution in [0.3, 0.4) is 0 Å². The minimum absolute atomic E-state index is 0.101. The van der Waals surface area contributed by atoms with Gasteiger partial charge in [-0.15, -0.1) is 0 Å². The third kappa shape index (κ3) is 5.50. The fourth-order valence-electron chi connectivity index (χ4n) is 2.48. The molecule has 0 aliphatic heterocycles. The summed E-state index contributed by atoms with van der Waals surface area (Å²) in [7, 11) is 1.35. The number of benzene rings is 2. The number of phenols is 1. The molecule has 0 unspecified atom stereocenters. The molecule has 0 spiro atoms. The Kier molecular flexibility index (Phi) is 7.27. The van der Waals surface area contributed by atoms with Crippen molar-refractivity contribution in [2.75, 3.05) is 13.7 Å². The van der Waals surface area contributed by atoms with Gasteiger partial charge in [-0.05, 0) is 29.8 Å². The Labute approximate surface area is 155 Å².